The number of methoxy groups -OCH3 is 1. The van der Waals surface area contributed by atoms with E-state index in [1.54, 1.807) is 30.3 Å². The normalized spacial score (nSPS) is 9.39. The molecule has 0 atom stereocenters. The quantitative estimate of drug-likeness (QED) is 0.444. The molecule has 28 heavy (non-hydrogen) atoms. The summed E-state index contributed by atoms with van der Waals surface area (Å²) in [6.45, 7) is -0.315. The molecule has 0 unspecified atom stereocenters. The zero-order valence-electron chi connectivity index (χ0n) is 14.7. The molecule has 0 aromatic heterocycles. The number of ether oxygens (including phenoxy) is 2. The first-order valence-corrected chi connectivity index (χ1v) is 7.84. The Kier molecular flexibility index (Phi) is 6.67. The molecule has 0 saturated heterocycles. The molecular weight excluding hydrogens is 364 g/mol. The van der Waals surface area contributed by atoms with Crippen molar-refractivity contribution in [3.8, 4) is 23.6 Å². The molecule has 9 heteroatoms. The average Bonchev–Trinajstić information content (AvgIpc) is 2.71. The number of carbonyl (C=O) groups excluding carboxylic acids is 1. The summed E-state index contributed by atoms with van der Waals surface area (Å²) >= 11 is 0. The Morgan fingerprint density at radius 2 is 1.86 bits per heavy atom. The maximum Gasteiger partial charge on any atom is 0.269 e. The number of allylic oxidation sites excluding steroid dienone is 1. The highest BCUT2D eigenvalue weighted by Gasteiger charge is 2.10. The van der Waals surface area contributed by atoms with Crippen LogP contribution in [0.2, 0.25) is 0 Å². The van der Waals surface area contributed by atoms with Crippen molar-refractivity contribution >= 4 is 23.4 Å². The summed E-state index contributed by atoms with van der Waals surface area (Å²) < 4.78 is 10.6. The molecule has 0 aliphatic carbocycles. The number of carbonyl (C=O) groups is 1. The molecule has 0 heterocycles. The number of benzene rings is 2. The number of rotatable bonds is 7. The van der Waals surface area contributed by atoms with E-state index >= 15 is 0 Å². The zero-order chi connectivity index (χ0) is 20.5. The van der Waals surface area contributed by atoms with Crippen LogP contribution < -0.4 is 14.8 Å². The van der Waals surface area contributed by atoms with Gasteiger partial charge in [0.05, 0.1) is 12.0 Å². The van der Waals surface area contributed by atoms with Crippen LogP contribution in [0.1, 0.15) is 5.56 Å². The number of nitriles is 2. The number of nitrogens with zero attached hydrogens (tertiary/aromatic N) is 3. The van der Waals surface area contributed by atoms with Crippen molar-refractivity contribution in [1.82, 2.24) is 0 Å². The summed E-state index contributed by atoms with van der Waals surface area (Å²) in [5.41, 5.74) is 0.826. The number of nitro benzene ring substituents is 1. The Bertz CT molecular complexity index is 984. The van der Waals surface area contributed by atoms with Crippen molar-refractivity contribution in [1.29, 1.82) is 10.5 Å². The molecule has 1 amide bonds. The second-order valence-electron chi connectivity index (χ2n) is 5.33. The van der Waals surface area contributed by atoms with Crippen molar-refractivity contribution in [2.45, 2.75) is 0 Å². The van der Waals surface area contributed by atoms with Crippen molar-refractivity contribution < 1.29 is 19.2 Å². The van der Waals surface area contributed by atoms with Gasteiger partial charge in [0, 0.05) is 17.8 Å². The van der Waals surface area contributed by atoms with Crippen LogP contribution in [0.3, 0.4) is 0 Å². The smallest absolute Gasteiger partial charge is 0.269 e. The first-order valence-electron chi connectivity index (χ1n) is 7.84. The Balaban J connectivity index is 2.02. The molecule has 0 aliphatic rings. The van der Waals surface area contributed by atoms with Gasteiger partial charge in [-0.25, -0.2) is 0 Å². The second-order valence-corrected chi connectivity index (χ2v) is 5.33. The summed E-state index contributed by atoms with van der Waals surface area (Å²) in [7, 11) is 1.42. The van der Waals surface area contributed by atoms with Crippen molar-refractivity contribution in [2.75, 3.05) is 19.0 Å². The maximum absolute atomic E-state index is 12.0. The largest absolute Gasteiger partial charge is 0.493 e. The monoisotopic (exact) mass is 378 g/mol. The summed E-state index contributed by atoms with van der Waals surface area (Å²) in [5, 5.41) is 30.8. The Labute approximate surface area is 160 Å². The number of hydrogen-bond acceptors (Lipinski definition) is 7. The van der Waals surface area contributed by atoms with Crippen molar-refractivity contribution in [3.05, 3.63) is 63.7 Å². The Hall–Kier alpha value is -4.37. The van der Waals surface area contributed by atoms with E-state index in [-0.39, 0.29) is 17.9 Å². The minimum Gasteiger partial charge on any atom is -0.493 e. The molecule has 0 saturated carbocycles. The van der Waals surface area contributed by atoms with E-state index in [9.17, 15) is 14.9 Å². The highest BCUT2D eigenvalue weighted by atomic mass is 16.6. The number of hydrogen-bond donors (Lipinski definition) is 1. The summed E-state index contributed by atoms with van der Waals surface area (Å²) in [6.07, 6.45) is 1.40. The summed E-state index contributed by atoms with van der Waals surface area (Å²) in [4.78, 5) is 22.1. The summed E-state index contributed by atoms with van der Waals surface area (Å²) in [5.74, 6) is 0.164. The van der Waals surface area contributed by atoms with E-state index in [4.69, 9.17) is 20.0 Å². The lowest BCUT2D eigenvalue weighted by Crippen LogP contribution is -2.20. The lowest BCUT2D eigenvalue weighted by Gasteiger charge is -2.11. The van der Waals surface area contributed by atoms with Crippen LogP contribution in [0.5, 0.6) is 11.5 Å². The van der Waals surface area contributed by atoms with Gasteiger partial charge in [-0.05, 0) is 35.9 Å². The van der Waals surface area contributed by atoms with Gasteiger partial charge in [-0.15, -0.1) is 0 Å². The third-order valence-electron chi connectivity index (χ3n) is 3.46. The average molecular weight is 378 g/mol. The van der Waals surface area contributed by atoms with Crippen LogP contribution in [0.15, 0.2) is 48.0 Å². The van der Waals surface area contributed by atoms with E-state index in [1.807, 2.05) is 0 Å². The highest BCUT2D eigenvalue weighted by molar-refractivity contribution is 5.92. The minimum absolute atomic E-state index is 0.0572. The summed E-state index contributed by atoms with van der Waals surface area (Å²) in [6, 6.07) is 13.7. The fourth-order valence-electron chi connectivity index (χ4n) is 2.16. The third-order valence-corrected chi connectivity index (χ3v) is 3.46. The molecule has 2 aromatic rings. The van der Waals surface area contributed by atoms with Crippen LogP contribution in [-0.2, 0) is 4.79 Å². The van der Waals surface area contributed by atoms with Crippen LogP contribution in [-0.4, -0.2) is 24.5 Å². The predicted octanol–water partition coefficient (Wildman–Crippen LogP) is 3.05. The number of anilines is 1. The molecule has 140 valence electrons. The highest BCUT2D eigenvalue weighted by Crippen LogP contribution is 2.29. The zero-order valence-corrected chi connectivity index (χ0v) is 14.7. The van der Waals surface area contributed by atoms with Crippen LogP contribution in [0.4, 0.5) is 11.4 Å². The van der Waals surface area contributed by atoms with Crippen LogP contribution in [0.25, 0.3) is 6.08 Å². The lowest BCUT2D eigenvalue weighted by atomic mass is 10.1. The first-order chi connectivity index (χ1) is 13.5. The number of nitro groups is 1. The molecule has 0 spiro atoms. The van der Waals surface area contributed by atoms with Gasteiger partial charge in [0.1, 0.15) is 17.7 Å². The Morgan fingerprint density at radius 3 is 2.43 bits per heavy atom. The van der Waals surface area contributed by atoms with E-state index in [0.717, 1.165) is 0 Å². The van der Waals surface area contributed by atoms with Gasteiger partial charge in [-0.3, -0.25) is 14.9 Å². The maximum atomic E-state index is 12.0. The molecule has 0 radical (unpaired) electrons. The molecule has 9 nitrogen and oxygen atoms in total. The van der Waals surface area contributed by atoms with Gasteiger partial charge in [-0.2, -0.15) is 10.5 Å². The van der Waals surface area contributed by atoms with Crippen molar-refractivity contribution in [2.24, 2.45) is 0 Å². The topological polar surface area (TPSA) is 138 Å². The van der Waals surface area contributed by atoms with Gasteiger partial charge in [0.25, 0.3) is 11.6 Å². The number of nitrogens with one attached hydrogen (secondary N) is 1. The fraction of sp³-hybridized carbons (Fsp3) is 0.105. The Morgan fingerprint density at radius 1 is 1.18 bits per heavy atom. The van der Waals surface area contributed by atoms with Gasteiger partial charge in [0.2, 0.25) is 0 Å². The number of amides is 1. The van der Waals surface area contributed by atoms with E-state index in [1.165, 1.54) is 37.5 Å². The van der Waals surface area contributed by atoms with E-state index in [0.29, 0.717) is 22.7 Å². The van der Waals surface area contributed by atoms with Gasteiger partial charge >= 0.3 is 0 Å². The molecule has 1 N–H and O–H groups in total. The van der Waals surface area contributed by atoms with Gasteiger partial charge in [-0.1, -0.05) is 6.07 Å². The molecule has 2 aromatic carbocycles. The van der Waals surface area contributed by atoms with Crippen molar-refractivity contribution in [3.63, 3.8) is 0 Å². The number of non-ortho nitro benzene ring substituents is 1. The standard InChI is InChI=1S/C19H14N4O5/c1-27-18-9-13(8-14(10-20)11-21)2-7-17(18)28-12-19(24)22-15-3-5-16(6-4-15)23(25)26/h2-9H,12H2,1H3,(H,22,24). The first kappa shape index (κ1) is 19.9. The molecule has 0 fully saturated rings. The minimum atomic E-state index is -0.532. The molecule has 0 bridgehead atoms. The van der Waals surface area contributed by atoms with Gasteiger partial charge < -0.3 is 14.8 Å². The lowest BCUT2D eigenvalue weighted by molar-refractivity contribution is -0.384. The SMILES string of the molecule is COc1cc(C=C(C#N)C#N)ccc1OCC(=O)Nc1ccc([N+](=O)[O-])cc1. The second kappa shape index (κ2) is 9.36. The molecular formula is C19H14N4O5. The van der Waals surface area contributed by atoms with E-state index < -0.39 is 10.8 Å². The molecule has 2 rings (SSSR count). The fourth-order valence-corrected chi connectivity index (χ4v) is 2.16. The van der Waals surface area contributed by atoms with Crippen LogP contribution >= 0.6 is 0 Å². The van der Waals surface area contributed by atoms with E-state index in [2.05, 4.69) is 5.32 Å². The third kappa shape index (κ3) is 5.31. The predicted molar refractivity (Wildman–Crippen MR) is 99.4 cm³/mol. The van der Waals surface area contributed by atoms with Gasteiger partial charge in [0.15, 0.2) is 18.1 Å². The molecule has 0 aliphatic heterocycles. The van der Waals surface area contributed by atoms with Crippen LogP contribution in [0, 0.1) is 32.8 Å².